The lowest BCUT2D eigenvalue weighted by Crippen LogP contribution is -1.99. The van der Waals surface area contributed by atoms with Gasteiger partial charge < -0.3 is 10.5 Å². The molecule has 1 aromatic carbocycles. The predicted molar refractivity (Wildman–Crippen MR) is 71.6 cm³/mol. The molecule has 0 radical (unpaired) electrons. The van der Waals surface area contributed by atoms with Crippen molar-refractivity contribution < 1.29 is 9.66 Å². The molecular formula is C12H10ClN3O3. The molecule has 0 bridgehead atoms. The summed E-state index contributed by atoms with van der Waals surface area (Å²) in [5.41, 5.74) is 6.68. The molecule has 0 aliphatic heterocycles. The highest BCUT2D eigenvalue weighted by Gasteiger charge is 2.18. The maximum Gasteiger partial charge on any atom is 0.313 e. The molecule has 0 aliphatic rings. The molecule has 2 N–H and O–H groups in total. The molecule has 0 saturated heterocycles. The van der Waals surface area contributed by atoms with Crippen LogP contribution in [0.25, 0.3) is 0 Å². The molecule has 1 aromatic heterocycles. The largest absolute Gasteiger partial charge is 0.430 e. The van der Waals surface area contributed by atoms with Gasteiger partial charge in [0.2, 0.25) is 11.6 Å². The molecule has 0 saturated carbocycles. The monoisotopic (exact) mass is 279 g/mol. The van der Waals surface area contributed by atoms with Crippen molar-refractivity contribution in [2.75, 3.05) is 5.73 Å². The Morgan fingerprint density at radius 1 is 1.42 bits per heavy atom. The second-order valence-corrected chi connectivity index (χ2v) is 4.25. The Morgan fingerprint density at radius 3 is 2.84 bits per heavy atom. The number of anilines is 1. The van der Waals surface area contributed by atoms with Gasteiger partial charge in [-0.2, -0.15) is 0 Å². The van der Waals surface area contributed by atoms with E-state index >= 15 is 0 Å². The third kappa shape index (κ3) is 2.74. The van der Waals surface area contributed by atoms with Crippen LogP contribution in [0.5, 0.6) is 11.6 Å². The van der Waals surface area contributed by atoms with Gasteiger partial charge in [-0.25, -0.2) is 4.98 Å². The van der Waals surface area contributed by atoms with Crippen molar-refractivity contribution in [1.29, 1.82) is 0 Å². The highest BCUT2D eigenvalue weighted by molar-refractivity contribution is 6.30. The van der Waals surface area contributed by atoms with Crippen molar-refractivity contribution in [3.8, 4) is 11.6 Å². The third-order valence-corrected chi connectivity index (χ3v) is 2.73. The predicted octanol–water partition coefficient (Wildman–Crippen LogP) is 3.33. The van der Waals surface area contributed by atoms with E-state index in [1.54, 1.807) is 13.0 Å². The van der Waals surface area contributed by atoms with E-state index in [9.17, 15) is 10.1 Å². The summed E-state index contributed by atoms with van der Waals surface area (Å²) in [5, 5.41) is 11.2. The molecular weight excluding hydrogens is 270 g/mol. The number of halogens is 1. The van der Waals surface area contributed by atoms with Crippen LogP contribution in [0.4, 0.5) is 11.4 Å². The summed E-state index contributed by atoms with van der Waals surface area (Å²) >= 11 is 5.72. The van der Waals surface area contributed by atoms with Crippen LogP contribution < -0.4 is 10.5 Å². The van der Waals surface area contributed by atoms with Gasteiger partial charge in [0.05, 0.1) is 10.6 Å². The quantitative estimate of drug-likeness (QED) is 0.687. The summed E-state index contributed by atoms with van der Waals surface area (Å²) in [5.74, 6) is 0.171. The van der Waals surface area contributed by atoms with E-state index in [2.05, 4.69) is 4.98 Å². The maximum atomic E-state index is 10.9. The number of rotatable bonds is 3. The smallest absolute Gasteiger partial charge is 0.313 e. The lowest BCUT2D eigenvalue weighted by atomic mass is 10.2. The highest BCUT2D eigenvalue weighted by Crippen LogP contribution is 2.35. The minimum Gasteiger partial charge on any atom is -0.430 e. The summed E-state index contributed by atoms with van der Waals surface area (Å²) < 4.78 is 5.40. The van der Waals surface area contributed by atoms with Crippen molar-refractivity contribution in [3.05, 3.63) is 51.2 Å². The van der Waals surface area contributed by atoms with Crippen LogP contribution in [-0.2, 0) is 0 Å². The SMILES string of the molecule is Cc1ccnc(Oc2ccc(Cl)cc2[N+](=O)[O-])c1N. The number of nitro benzene ring substituents is 1. The van der Waals surface area contributed by atoms with Gasteiger partial charge in [0.1, 0.15) is 0 Å². The minimum atomic E-state index is -0.576. The van der Waals surface area contributed by atoms with Crippen LogP contribution in [0, 0.1) is 17.0 Å². The Hall–Kier alpha value is -2.34. The van der Waals surface area contributed by atoms with E-state index in [1.807, 2.05) is 0 Å². The van der Waals surface area contributed by atoms with Gasteiger partial charge >= 0.3 is 5.69 Å². The Balaban J connectivity index is 2.44. The Kier molecular flexibility index (Phi) is 3.52. The maximum absolute atomic E-state index is 10.9. The number of nitro groups is 1. The summed E-state index contributed by atoms with van der Waals surface area (Å²) in [6.07, 6.45) is 1.52. The number of hydrogen-bond donors (Lipinski definition) is 1. The molecule has 0 atom stereocenters. The number of nitrogens with two attached hydrogens (primary N) is 1. The van der Waals surface area contributed by atoms with Gasteiger partial charge in [-0.3, -0.25) is 10.1 Å². The number of ether oxygens (including phenoxy) is 1. The molecule has 1 heterocycles. The van der Waals surface area contributed by atoms with E-state index in [-0.39, 0.29) is 22.3 Å². The molecule has 98 valence electrons. The van der Waals surface area contributed by atoms with Crippen molar-refractivity contribution in [2.24, 2.45) is 0 Å². The molecule has 2 aromatic rings. The molecule has 7 heteroatoms. The van der Waals surface area contributed by atoms with Crippen molar-refractivity contribution >= 4 is 23.0 Å². The van der Waals surface area contributed by atoms with E-state index < -0.39 is 4.92 Å². The number of benzene rings is 1. The average Bonchev–Trinajstić information content (AvgIpc) is 2.36. The van der Waals surface area contributed by atoms with Gasteiger partial charge in [0.25, 0.3) is 0 Å². The van der Waals surface area contributed by atoms with Crippen LogP contribution in [0.1, 0.15) is 5.56 Å². The molecule has 0 aliphatic carbocycles. The van der Waals surface area contributed by atoms with Crippen LogP contribution in [0.15, 0.2) is 30.5 Å². The first-order valence-corrected chi connectivity index (χ1v) is 5.69. The van der Waals surface area contributed by atoms with Crippen LogP contribution in [0.3, 0.4) is 0 Å². The van der Waals surface area contributed by atoms with Gasteiger partial charge in [-0.1, -0.05) is 11.6 Å². The van der Waals surface area contributed by atoms with Crippen molar-refractivity contribution in [2.45, 2.75) is 6.92 Å². The molecule has 0 amide bonds. The van der Waals surface area contributed by atoms with Crippen LogP contribution in [0.2, 0.25) is 5.02 Å². The average molecular weight is 280 g/mol. The molecule has 19 heavy (non-hydrogen) atoms. The zero-order chi connectivity index (χ0) is 14.0. The minimum absolute atomic E-state index is 0.0409. The summed E-state index contributed by atoms with van der Waals surface area (Å²) in [7, 11) is 0. The van der Waals surface area contributed by atoms with Gasteiger partial charge in [0.15, 0.2) is 0 Å². The Bertz CT molecular complexity index is 646. The number of pyridine rings is 1. The zero-order valence-corrected chi connectivity index (χ0v) is 10.7. The fraction of sp³-hybridized carbons (Fsp3) is 0.0833. The summed E-state index contributed by atoms with van der Waals surface area (Å²) in [6.45, 7) is 1.79. The molecule has 2 rings (SSSR count). The van der Waals surface area contributed by atoms with E-state index in [1.165, 1.54) is 24.4 Å². The van der Waals surface area contributed by atoms with Crippen molar-refractivity contribution in [3.63, 3.8) is 0 Å². The van der Waals surface area contributed by atoms with Crippen LogP contribution >= 0.6 is 11.6 Å². The second-order valence-electron chi connectivity index (χ2n) is 3.82. The number of nitrogens with zero attached hydrogens (tertiary/aromatic N) is 2. The van der Waals surface area contributed by atoms with E-state index in [0.717, 1.165) is 5.56 Å². The first-order valence-electron chi connectivity index (χ1n) is 5.32. The summed E-state index contributed by atoms with van der Waals surface area (Å²) in [6, 6.07) is 5.83. The van der Waals surface area contributed by atoms with Crippen LogP contribution in [-0.4, -0.2) is 9.91 Å². The standard InChI is InChI=1S/C12H10ClN3O3/c1-7-4-5-15-12(11(7)14)19-10-3-2-8(13)6-9(10)16(17)18/h2-6H,14H2,1H3. The number of nitrogen functional groups attached to an aromatic ring is 1. The highest BCUT2D eigenvalue weighted by atomic mass is 35.5. The molecule has 6 nitrogen and oxygen atoms in total. The lowest BCUT2D eigenvalue weighted by molar-refractivity contribution is -0.385. The summed E-state index contributed by atoms with van der Waals surface area (Å²) in [4.78, 5) is 14.3. The second kappa shape index (κ2) is 5.11. The number of aryl methyl sites for hydroxylation is 1. The normalized spacial score (nSPS) is 10.2. The zero-order valence-electron chi connectivity index (χ0n) is 9.96. The fourth-order valence-electron chi connectivity index (χ4n) is 1.45. The van der Waals surface area contributed by atoms with Gasteiger partial charge in [-0.05, 0) is 30.7 Å². The Labute approximate surface area is 113 Å². The molecule has 0 fully saturated rings. The van der Waals surface area contributed by atoms with Crippen molar-refractivity contribution in [1.82, 2.24) is 4.98 Å². The molecule has 0 unspecified atom stereocenters. The first-order chi connectivity index (χ1) is 8.99. The number of aromatic nitrogens is 1. The topological polar surface area (TPSA) is 91.3 Å². The van der Waals surface area contributed by atoms with Gasteiger partial charge in [0, 0.05) is 17.3 Å². The fourth-order valence-corrected chi connectivity index (χ4v) is 1.62. The third-order valence-electron chi connectivity index (χ3n) is 2.50. The van der Waals surface area contributed by atoms with Gasteiger partial charge in [-0.15, -0.1) is 0 Å². The Morgan fingerprint density at radius 2 is 2.16 bits per heavy atom. The molecule has 0 spiro atoms. The lowest BCUT2D eigenvalue weighted by Gasteiger charge is -2.09. The van der Waals surface area contributed by atoms with E-state index in [4.69, 9.17) is 22.1 Å². The first kappa shape index (κ1) is 13.1. The number of hydrogen-bond acceptors (Lipinski definition) is 5. The van der Waals surface area contributed by atoms with E-state index in [0.29, 0.717) is 5.69 Å².